The summed E-state index contributed by atoms with van der Waals surface area (Å²) in [5.74, 6) is 1.71. The number of methoxy groups -OCH3 is 1. The van der Waals surface area contributed by atoms with Crippen LogP contribution >= 0.6 is 0 Å². The zero-order valence-corrected chi connectivity index (χ0v) is 14.0. The van der Waals surface area contributed by atoms with Crippen LogP contribution in [0.2, 0.25) is 0 Å². The van der Waals surface area contributed by atoms with Gasteiger partial charge in [-0.3, -0.25) is 4.98 Å². The van der Waals surface area contributed by atoms with Crippen molar-refractivity contribution in [1.82, 2.24) is 15.1 Å². The van der Waals surface area contributed by atoms with Crippen LogP contribution in [0.15, 0.2) is 35.1 Å². The first-order valence-corrected chi connectivity index (χ1v) is 8.18. The number of pyridine rings is 1. The molecule has 24 heavy (non-hydrogen) atoms. The molecule has 0 unspecified atom stereocenters. The number of rotatable bonds is 4. The number of hydrogen-bond acceptors (Lipinski definition) is 4. The standard InChI is InChI=1S/C19H19N3O2/c1-4-14-19(17(5-2)24-22-14)12-8-16-11(9-18(12)23-3)13-10-20-7-6-15(13)21-16/h6-10,21H,4-5H2,1-3H3. The van der Waals surface area contributed by atoms with Crippen LogP contribution < -0.4 is 4.74 Å². The molecule has 0 radical (unpaired) electrons. The van der Waals surface area contributed by atoms with Crippen molar-refractivity contribution in [2.75, 3.05) is 7.11 Å². The summed E-state index contributed by atoms with van der Waals surface area (Å²) in [5.41, 5.74) is 5.15. The van der Waals surface area contributed by atoms with Gasteiger partial charge in [-0.15, -0.1) is 0 Å². The van der Waals surface area contributed by atoms with E-state index in [0.717, 1.165) is 63.0 Å². The fourth-order valence-electron chi connectivity index (χ4n) is 3.28. The van der Waals surface area contributed by atoms with E-state index in [1.807, 2.05) is 12.3 Å². The van der Waals surface area contributed by atoms with Crippen molar-refractivity contribution in [3.8, 4) is 16.9 Å². The molecular weight excluding hydrogens is 302 g/mol. The van der Waals surface area contributed by atoms with Gasteiger partial charge in [0, 0.05) is 46.2 Å². The molecule has 122 valence electrons. The van der Waals surface area contributed by atoms with Gasteiger partial charge in [-0.2, -0.15) is 0 Å². The minimum atomic E-state index is 0.792. The van der Waals surface area contributed by atoms with Gasteiger partial charge in [-0.05, 0) is 24.6 Å². The zero-order chi connectivity index (χ0) is 16.7. The van der Waals surface area contributed by atoms with Crippen molar-refractivity contribution in [2.45, 2.75) is 26.7 Å². The van der Waals surface area contributed by atoms with Gasteiger partial charge in [-0.1, -0.05) is 19.0 Å². The first-order valence-electron chi connectivity index (χ1n) is 8.18. The van der Waals surface area contributed by atoms with E-state index in [4.69, 9.17) is 9.26 Å². The maximum Gasteiger partial charge on any atom is 0.144 e. The van der Waals surface area contributed by atoms with E-state index in [0.29, 0.717) is 0 Å². The third kappa shape index (κ3) is 2.08. The molecule has 0 saturated heterocycles. The Morgan fingerprint density at radius 2 is 2.00 bits per heavy atom. The number of aromatic amines is 1. The molecule has 0 saturated carbocycles. The smallest absolute Gasteiger partial charge is 0.144 e. The SMILES string of the molecule is CCc1noc(CC)c1-c1cc2[nH]c3ccncc3c2cc1OC. The Balaban J connectivity index is 2.05. The van der Waals surface area contributed by atoms with Gasteiger partial charge < -0.3 is 14.2 Å². The summed E-state index contributed by atoms with van der Waals surface area (Å²) in [6.45, 7) is 4.16. The number of hydrogen-bond donors (Lipinski definition) is 1. The van der Waals surface area contributed by atoms with Gasteiger partial charge in [0.25, 0.3) is 0 Å². The van der Waals surface area contributed by atoms with Gasteiger partial charge in [0.05, 0.1) is 18.4 Å². The summed E-state index contributed by atoms with van der Waals surface area (Å²) in [5, 5.41) is 6.42. The second kappa shape index (κ2) is 5.67. The fourth-order valence-corrected chi connectivity index (χ4v) is 3.28. The highest BCUT2D eigenvalue weighted by molar-refractivity contribution is 6.08. The number of aryl methyl sites for hydroxylation is 2. The molecule has 0 aliphatic heterocycles. The predicted molar refractivity (Wildman–Crippen MR) is 94.4 cm³/mol. The summed E-state index contributed by atoms with van der Waals surface area (Å²) < 4.78 is 11.2. The van der Waals surface area contributed by atoms with Gasteiger partial charge in [0.15, 0.2) is 0 Å². The quantitative estimate of drug-likeness (QED) is 0.601. The largest absolute Gasteiger partial charge is 0.496 e. The van der Waals surface area contributed by atoms with E-state index in [1.165, 1.54) is 0 Å². The molecule has 1 N–H and O–H groups in total. The Morgan fingerprint density at radius 1 is 1.12 bits per heavy atom. The number of aromatic nitrogens is 3. The van der Waals surface area contributed by atoms with Crippen LogP contribution in [0.4, 0.5) is 0 Å². The Bertz CT molecular complexity index is 1010. The van der Waals surface area contributed by atoms with Crippen LogP contribution in [-0.4, -0.2) is 22.2 Å². The molecular formula is C19H19N3O2. The second-order valence-electron chi connectivity index (χ2n) is 5.78. The average molecular weight is 321 g/mol. The number of benzene rings is 1. The maximum absolute atomic E-state index is 5.69. The fraction of sp³-hybridized carbons (Fsp3) is 0.263. The van der Waals surface area contributed by atoms with Crippen molar-refractivity contribution >= 4 is 21.8 Å². The Labute approximate surface area is 139 Å². The molecule has 0 aliphatic carbocycles. The lowest BCUT2D eigenvalue weighted by atomic mass is 9.98. The number of nitrogens with zero attached hydrogens (tertiary/aromatic N) is 2. The third-order valence-electron chi connectivity index (χ3n) is 4.48. The van der Waals surface area contributed by atoms with E-state index in [-0.39, 0.29) is 0 Å². The van der Waals surface area contributed by atoms with E-state index < -0.39 is 0 Å². The van der Waals surface area contributed by atoms with E-state index in [9.17, 15) is 0 Å². The number of ether oxygens (including phenoxy) is 1. The lowest BCUT2D eigenvalue weighted by Crippen LogP contribution is -1.93. The molecule has 5 nitrogen and oxygen atoms in total. The van der Waals surface area contributed by atoms with Crippen molar-refractivity contribution in [1.29, 1.82) is 0 Å². The summed E-state index contributed by atoms with van der Waals surface area (Å²) in [7, 11) is 1.70. The molecule has 0 bridgehead atoms. The predicted octanol–water partition coefficient (Wildman–Crippen LogP) is 4.50. The zero-order valence-electron chi connectivity index (χ0n) is 14.0. The molecule has 4 aromatic rings. The highest BCUT2D eigenvalue weighted by Crippen LogP contribution is 2.40. The van der Waals surface area contributed by atoms with E-state index in [2.05, 4.69) is 41.1 Å². The molecule has 0 atom stereocenters. The number of fused-ring (bicyclic) bond motifs is 3. The third-order valence-corrected chi connectivity index (χ3v) is 4.48. The Kier molecular flexibility index (Phi) is 3.49. The second-order valence-corrected chi connectivity index (χ2v) is 5.78. The molecule has 3 aromatic heterocycles. The Hall–Kier alpha value is -2.82. The van der Waals surface area contributed by atoms with Crippen molar-refractivity contribution in [3.05, 3.63) is 42.0 Å². The van der Waals surface area contributed by atoms with Crippen LogP contribution in [0.5, 0.6) is 5.75 Å². The summed E-state index contributed by atoms with van der Waals surface area (Å²) >= 11 is 0. The van der Waals surface area contributed by atoms with Crippen molar-refractivity contribution in [3.63, 3.8) is 0 Å². The first-order chi connectivity index (χ1) is 11.8. The molecule has 3 heterocycles. The van der Waals surface area contributed by atoms with E-state index in [1.54, 1.807) is 13.3 Å². The summed E-state index contributed by atoms with van der Waals surface area (Å²) in [6, 6.07) is 6.17. The van der Waals surface area contributed by atoms with Crippen LogP contribution in [-0.2, 0) is 12.8 Å². The topological polar surface area (TPSA) is 63.9 Å². The highest BCUT2D eigenvalue weighted by atomic mass is 16.5. The van der Waals surface area contributed by atoms with Gasteiger partial charge in [-0.25, -0.2) is 0 Å². The van der Waals surface area contributed by atoms with Crippen molar-refractivity contribution < 1.29 is 9.26 Å². The Morgan fingerprint density at radius 3 is 2.75 bits per heavy atom. The number of nitrogens with one attached hydrogen (secondary N) is 1. The molecule has 0 aliphatic rings. The van der Waals surface area contributed by atoms with Crippen LogP contribution in [0.25, 0.3) is 32.9 Å². The van der Waals surface area contributed by atoms with Gasteiger partial charge in [0.1, 0.15) is 11.5 Å². The van der Waals surface area contributed by atoms with Crippen LogP contribution in [0.1, 0.15) is 25.3 Å². The summed E-state index contributed by atoms with van der Waals surface area (Å²) in [6.07, 6.45) is 5.28. The molecule has 5 heteroatoms. The van der Waals surface area contributed by atoms with Crippen LogP contribution in [0.3, 0.4) is 0 Å². The monoisotopic (exact) mass is 321 g/mol. The lowest BCUT2D eigenvalue weighted by Gasteiger charge is -2.10. The maximum atomic E-state index is 5.69. The minimum absolute atomic E-state index is 0.792. The molecule has 4 rings (SSSR count). The summed E-state index contributed by atoms with van der Waals surface area (Å²) in [4.78, 5) is 7.69. The molecule has 0 spiro atoms. The first kappa shape index (κ1) is 14.8. The number of H-pyrrole nitrogens is 1. The minimum Gasteiger partial charge on any atom is -0.496 e. The average Bonchev–Trinajstić information content (AvgIpc) is 3.20. The molecule has 0 amide bonds. The molecule has 1 aromatic carbocycles. The van der Waals surface area contributed by atoms with Crippen molar-refractivity contribution in [2.24, 2.45) is 0 Å². The van der Waals surface area contributed by atoms with Crippen LogP contribution in [0, 0.1) is 0 Å². The van der Waals surface area contributed by atoms with E-state index >= 15 is 0 Å². The molecule has 0 fully saturated rings. The lowest BCUT2D eigenvalue weighted by molar-refractivity contribution is 0.381. The highest BCUT2D eigenvalue weighted by Gasteiger charge is 2.20. The normalized spacial score (nSPS) is 11.5. The van der Waals surface area contributed by atoms with Gasteiger partial charge in [0.2, 0.25) is 0 Å². The van der Waals surface area contributed by atoms with Gasteiger partial charge >= 0.3 is 0 Å².